The van der Waals surface area contributed by atoms with Crippen molar-refractivity contribution < 1.29 is 4.79 Å². The topological polar surface area (TPSA) is 20.3 Å². The van der Waals surface area contributed by atoms with Gasteiger partial charge in [-0.1, -0.05) is 72.8 Å². The van der Waals surface area contributed by atoms with Gasteiger partial charge in [-0.3, -0.25) is 4.79 Å². The van der Waals surface area contributed by atoms with E-state index in [1.807, 2.05) is 36.4 Å². The molecule has 0 N–H and O–H groups in total. The minimum atomic E-state index is 0.0495. The fourth-order valence-electron chi connectivity index (χ4n) is 4.70. The van der Waals surface area contributed by atoms with Gasteiger partial charge in [0.05, 0.1) is 0 Å². The maximum atomic E-state index is 12.7. The normalized spacial score (nSPS) is 17.2. The van der Waals surface area contributed by atoms with Crippen LogP contribution in [0.15, 0.2) is 91.0 Å². The molecule has 1 aliphatic carbocycles. The summed E-state index contributed by atoms with van der Waals surface area (Å²) < 4.78 is 0. The van der Waals surface area contributed by atoms with Crippen LogP contribution in [0.2, 0.25) is 0 Å². The molecule has 32 heavy (non-hydrogen) atoms. The molecular formula is C30H27NO. The molecule has 1 saturated heterocycles. The average Bonchev–Trinajstić information content (AvgIpc) is 3.37. The van der Waals surface area contributed by atoms with Gasteiger partial charge in [0, 0.05) is 24.4 Å². The van der Waals surface area contributed by atoms with Crippen LogP contribution in [0.25, 0.3) is 17.2 Å². The van der Waals surface area contributed by atoms with E-state index in [1.54, 1.807) is 6.08 Å². The third kappa shape index (κ3) is 3.97. The Morgan fingerprint density at radius 1 is 0.875 bits per heavy atom. The molecule has 0 aromatic heterocycles. The first-order valence-corrected chi connectivity index (χ1v) is 11.4. The summed E-state index contributed by atoms with van der Waals surface area (Å²) >= 11 is 0. The number of aryl methyl sites for hydroxylation is 1. The molecule has 2 heteroatoms. The molecule has 5 rings (SSSR count). The third-order valence-corrected chi connectivity index (χ3v) is 6.40. The third-order valence-electron chi connectivity index (χ3n) is 6.40. The highest BCUT2D eigenvalue weighted by atomic mass is 16.1. The molecule has 0 bridgehead atoms. The molecule has 1 aliphatic heterocycles. The summed E-state index contributed by atoms with van der Waals surface area (Å²) in [5.74, 6) is 0.0495. The fourth-order valence-corrected chi connectivity index (χ4v) is 4.70. The lowest BCUT2D eigenvalue weighted by atomic mass is 9.89. The second kappa shape index (κ2) is 8.84. The zero-order valence-electron chi connectivity index (χ0n) is 18.4. The Balaban J connectivity index is 1.60. The van der Waals surface area contributed by atoms with Crippen molar-refractivity contribution >= 4 is 28.7 Å². The van der Waals surface area contributed by atoms with Crippen LogP contribution in [0.1, 0.15) is 40.7 Å². The maximum absolute atomic E-state index is 12.7. The van der Waals surface area contributed by atoms with Crippen molar-refractivity contribution in [2.24, 2.45) is 0 Å². The van der Waals surface area contributed by atoms with Crippen LogP contribution < -0.4 is 4.90 Å². The van der Waals surface area contributed by atoms with Crippen LogP contribution in [-0.4, -0.2) is 18.9 Å². The molecular weight excluding hydrogens is 390 g/mol. The molecule has 0 amide bonds. The van der Waals surface area contributed by atoms with E-state index in [0.717, 1.165) is 40.9 Å². The molecule has 0 unspecified atom stereocenters. The highest BCUT2D eigenvalue weighted by Gasteiger charge is 2.17. The number of ketones is 1. The first kappa shape index (κ1) is 20.3. The van der Waals surface area contributed by atoms with Crippen molar-refractivity contribution in [1.29, 1.82) is 0 Å². The summed E-state index contributed by atoms with van der Waals surface area (Å²) in [7, 11) is 0. The second-order valence-electron chi connectivity index (χ2n) is 8.50. The van der Waals surface area contributed by atoms with Gasteiger partial charge in [0.1, 0.15) is 0 Å². The molecule has 158 valence electrons. The van der Waals surface area contributed by atoms with E-state index >= 15 is 0 Å². The van der Waals surface area contributed by atoms with Gasteiger partial charge in [0.15, 0.2) is 5.78 Å². The lowest BCUT2D eigenvalue weighted by molar-refractivity contribution is -0.109. The quantitative estimate of drug-likeness (QED) is 0.440. The number of carbonyl (C=O) groups is 1. The fraction of sp³-hybridized carbons (Fsp3) is 0.167. The Labute approximate surface area is 190 Å². The van der Waals surface area contributed by atoms with Gasteiger partial charge in [-0.15, -0.1) is 0 Å². The van der Waals surface area contributed by atoms with Gasteiger partial charge >= 0.3 is 0 Å². The van der Waals surface area contributed by atoms with E-state index in [1.165, 1.54) is 29.7 Å². The second-order valence-corrected chi connectivity index (χ2v) is 8.50. The number of fused-ring (bicyclic) bond motifs is 1. The van der Waals surface area contributed by atoms with Gasteiger partial charge < -0.3 is 4.90 Å². The van der Waals surface area contributed by atoms with Crippen LogP contribution in [0.5, 0.6) is 0 Å². The molecule has 2 aliphatic rings. The molecule has 0 atom stereocenters. The zero-order valence-corrected chi connectivity index (χ0v) is 18.4. The molecule has 1 heterocycles. The van der Waals surface area contributed by atoms with Crippen LogP contribution >= 0.6 is 0 Å². The molecule has 0 radical (unpaired) electrons. The van der Waals surface area contributed by atoms with Crippen LogP contribution in [0.4, 0.5) is 5.69 Å². The summed E-state index contributed by atoms with van der Waals surface area (Å²) in [5, 5.41) is 0. The molecule has 0 saturated carbocycles. The summed E-state index contributed by atoms with van der Waals surface area (Å²) in [5.41, 5.74) is 8.83. The van der Waals surface area contributed by atoms with Crippen molar-refractivity contribution in [3.63, 3.8) is 0 Å². The number of allylic oxidation sites excluding steroid dienone is 4. The highest BCUT2D eigenvalue weighted by molar-refractivity contribution is 6.30. The number of nitrogens with zero attached hydrogens (tertiary/aromatic N) is 1. The Kier molecular flexibility index (Phi) is 5.60. The Morgan fingerprint density at radius 2 is 1.62 bits per heavy atom. The number of hydrogen-bond acceptors (Lipinski definition) is 2. The minimum Gasteiger partial charge on any atom is -0.372 e. The summed E-state index contributed by atoms with van der Waals surface area (Å²) in [6.07, 6.45) is 10.2. The smallest absolute Gasteiger partial charge is 0.186 e. The monoisotopic (exact) mass is 417 g/mol. The maximum Gasteiger partial charge on any atom is 0.186 e. The van der Waals surface area contributed by atoms with Gasteiger partial charge in [-0.05, 0) is 77.4 Å². The van der Waals surface area contributed by atoms with E-state index in [-0.39, 0.29) is 5.78 Å². The van der Waals surface area contributed by atoms with Crippen molar-refractivity contribution in [2.75, 3.05) is 18.0 Å². The van der Waals surface area contributed by atoms with Gasteiger partial charge in [0.25, 0.3) is 0 Å². The lowest BCUT2D eigenvalue weighted by Crippen LogP contribution is -2.17. The molecule has 3 aromatic rings. The SMILES string of the molecule is Cc1cc(N2CCCC2)ccc1/C(=C/C=C1\C(=O)C=Cc2ccccc21)c1ccccc1. The summed E-state index contributed by atoms with van der Waals surface area (Å²) in [6, 6.07) is 25.3. The first-order valence-electron chi connectivity index (χ1n) is 11.4. The number of hydrogen-bond donors (Lipinski definition) is 0. The van der Waals surface area contributed by atoms with Crippen molar-refractivity contribution in [3.8, 4) is 0 Å². The summed E-state index contributed by atoms with van der Waals surface area (Å²) in [6.45, 7) is 4.46. The predicted molar refractivity (Wildman–Crippen MR) is 135 cm³/mol. The lowest BCUT2D eigenvalue weighted by Gasteiger charge is -2.20. The first-order chi connectivity index (χ1) is 15.7. The Morgan fingerprint density at radius 3 is 2.41 bits per heavy atom. The van der Waals surface area contributed by atoms with Crippen LogP contribution in [-0.2, 0) is 4.79 Å². The van der Waals surface area contributed by atoms with Crippen LogP contribution in [0.3, 0.4) is 0 Å². The van der Waals surface area contributed by atoms with Crippen LogP contribution in [0, 0.1) is 6.92 Å². The van der Waals surface area contributed by atoms with Crippen molar-refractivity contribution in [1.82, 2.24) is 0 Å². The van der Waals surface area contributed by atoms with Crippen molar-refractivity contribution in [2.45, 2.75) is 19.8 Å². The predicted octanol–water partition coefficient (Wildman–Crippen LogP) is 6.71. The standard InChI is InChI=1S/C30H27NO/c1-22-21-25(31-19-7-8-20-31)14-15-26(22)28(23-9-3-2-4-10-23)16-17-29-27-12-6-5-11-24(27)13-18-30(29)32/h2-6,9-18,21H,7-8,19-20H2,1H3/b28-16+,29-17-. The summed E-state index contributed by atoms with van der Waals surface area (Å²) in [4.78, 5) is 15.2. The van der Waals surface area contributed by atoms with Crippen molar-refractivity contribution in [3.05, 3.63) is 119 Å². The number of carbonyl (C=O) groups excluding carboxylic acids is 1. The highest BCUT2D eigenvalue weighted by Crippen LogP contribution is 2.32. The molecule has 3 aromatic carbocycles. The van der Waals surface area contributed by atoms with E-state index in [9.17, 15) is 4.79 Å². The number of benzene rings is 3. The Bertz CT molecular complexity index is 1240. The van der Waals surface area contributed by atoms with Gasteiger partial charge in [0.2, 0.25) is 0 Å². The number of rotatable bonds is 4. The van der Waals surface area contributed by atoms with E-state index < -0.39 is 0 Å². The van der Waals surface area contributed by atoms with E-state index in [4.69, 9.17) is 0 Å². The zero-order chi connectivity index (χ0) is 21.9. The van der Waals surface area contributed by atoms with Gasteiger partial charge in [-0.25, -0.2) is 0 Å². The largest absolute Gasteiger partial charge is 0.372 e. The van der Waals surface area contributed by atoms with Gasteiger partial charge in [-0.2, -0.15) is 0 Å². The average molecular weight is 418 g/mol. The van der Waals surface area contributed by atoms with E-state index in [2.05, 4.69) is 66.4 Å². The molecule has 2 nitrogen and oxygen atoms in total. The Hall–Kier alpha value is -3.65. The van der Waals surface area contributed by atoms with E-state index in [0.29, 0.717) is 0 Å². The molecule has 0 spiro atoms. The number of anilines is 1. The molecule has 1 fully saturated rings. The minimum absolute atomic E-state index is 0.0495.